The Morgan fingerprint density at radius 2 is 2.08 bits per heavy atom. The number of aliphatic hydroxyl groups excluding tert-OH is 2. The molecule has 1 heterocycles. The van der Waals surface area contributed by atoms with Crippen LogP contribution in [0, 0.1) is 0 Å². The van der Waals surface area contributed by atoms with Crippen molar-refractivity contribution >= 4 is 0 Å². The van der Waals surface area contributed by atoms with E-state index in [4.69, 9.17) is 10.2 Å². The Morgan fingerprint density at radius 3 is 2.25 bits per heavy atom. The second-order valence-corrected chi connectivity index (χ2v) is 2.70. The molecule has 0 saturated carbocycles. The SMILES string of the molecule is OC[C@@]1(C(F)(F)F)OCC[C@@H]1O. The van der Waals surface area contributed by atoms with Crippen molar-refractivity contribution in [2.45, 2.75) is 24.3 Å². The van der Waals surface area contributed by atoms with Crippen molar-refractivity contribution in [3.63, 3.8) is 0 Å². The standard InChI is InChI=1S/C6H9F3O3/c7-6(8,9)5(3-10)4(11)1-2-12-5/h4,10-11H,1-3H2/t4-,5+/m0/s1. The van der Waals surface area contributed by atoms with Gasteiger partial charge in [-0.1, -0.05) is 0 Å². The van der Waals surface area contributed by atoms with E-state index in [2.05, 4.69) is 4.74 Å². The van der Waals surface area contributed by atoms with Gasteiger partial charge < -0.3 is 14.9 Å². The molecule has 0 radical (unpaired) electrons. The van der Waals surface area contributed by atoms with Crippen LogP contribution < -0.4 is 0 Å². The highest BCUT2D eigenvalue weighted by Crippen LogP contribution is 2.40. The molecule has 3 nitrogen and oxygen atoms in total. The van der Waals surface area contributed by atoms with Gasteiger partial charge in [0.15, 0.2) is 0 Å². The van der Waals surface area contributed by atoms with Crippen LogP contribution in [0.25, 0.3) is 0 Å². The Balaban J connectivity index is 2.89. The molecule has 1 aliphatic rings. The summed E-state index contributed by atoms with van der Waals surface area (Å²) in [5.41, 5.74) is -2.76. The molecule has 0 amide bonds. The first-order valence-corrected chi connectivity index (χ1v) is 3.43. The van der Waals surface area contributed by atoms with Crippen molar-refractivity contribution in [3.8, 4) is 0 Å². The van der Waals surface area contributed by atoms with Crippen molar-refractivity contribution in [1.29, 1.82) is 0 Å². The summed E-state index contributed by atoms with van der Waals surface area (Å²) >= 11 is 0. The fraction of sp³-hybridized carbons (Fsp3) is 1.00. The summed E-state index contributed by atoms with van der Waals surface area (Å²) < 4.78 is 41.0. The first-order valence-electron chi connectivity index (χ1n) is 3.43. The van der Waals surface area contributed by atoms with Crippen molar-refractivity contribution in [1.82, 2.24) is 0 Å². The van der Waals surface area contributed by atoms with Crippen molar-refractivity contribution in [2.75, 3.05) is 13.2 Å². The van der Waals surface area contributed by atoms with Gasteiger partial charge in [-0.3, -0.25) is 0 Å². The van der Waals surface area contributed by atoms with Crippen LogP contribution in [0.3, 0.4) is 0 Å². The normalized spacial score (nSPS) is 37.2. The molecule has 1 saturated heterocycles. The highest BCUT2D eigenvalue weighted by molar-refractivity contribution is 4.98. The molecule has 0 aromatic carbocycles. The lowest BCUT2D eigenvalue weighted by Gasteiger charge is -2.31. The van der Waals surface area contributed by atoms with Gasteiger partial charge in [0.1, 0.15) is 0 Å². The molecule has 0 aliphatic carbocycles. The summed E-state index contributed by atoms with van der Waals surface area (Å²) in [4.78, 5) is 0. The van der Waals surface area contributed by atoms with E-state index in [1.54, 1.807) is 0 Å². The van der Waals surface area contributed by atoms with Gasteiger partial charge in [-0.2, -0.15) is 13.2 Å². The van der Waals surface area contributed by atoms with E-state index < -0.39 is 24.5 Å². The Labute approximate surface area is 66.8 Å². The number of aliphatic hydroxyl groups is 2. The van der Waals surface area contributed by atoms with Gasteiger partial charge in [-0.15, -0.1) is 0 Å². The van der Waals surface area contributed by atoms with E-state index >= 15 is 0 Å². The average Bonchev–Trinajstić information content (AvgIpc) is 2.30. The number of alkyl halides is 3. The van der Waals surface area contributed by atoms with Gasteiger partial charge in [0.05, 0.1) is 19.3 Å². The molecule has 1 aliphatic heterocycles. The molecule has 12 heavy (non-hydrogen) atoms. The van der Waals surface area contributed by atoms with Crippen LogP contribution in [0.1, 0.15) is 6.42 Å². The van der Waals surface area contributed by atoms with E-state index in [9.17, 15) is 13.2 Å². The van der Waals surface area contributed by atoms with E-state index in [-0.39, 0.29) is 13.0 Å². The van der Waals surface area contributed by atoms with E-state index in [0.717, 1.165) is 0 Å². The topological polar surface area (TPSA) is 49.7 Å². The quantitative estimate of drug-likeness (QED) is 0.608. The highest BCUT2D eigenvalue weighted by atomic mass is 19.4. The number of hydrogen-bond donors (Lipinski definition) is 2. The minimum atomic E-state index is -4.72. The number of hydrogen-bond acceptors (Lipinski definition) is 3. The van der Waals surface area contributed by atoms with Gasteiger partial charge in [-0.05, 0) is 6.42 Å². The predicted octanol–water partition coefficient (Wildman–Crippen LogP) is 0.0610. The summed E-state index contributed by atoms with van der Waals surface area (Å²) in [7, 11) is 0. The predicted molar refractivity (Wildman–Crippen MR) is 32.4 cm³/mol. The minimum absolute atomic E-state index is 0.0972. The molecule has 0 bridgehead atoms. The molecule has 0 aromatic heterocycles. The Morgan fingerprint density at radius 1 is 1.50 bits per heavy atom. The molecule has 72 valence electrons. The Kier molecular flexibility index (Phi) is 2.33. The van der Waals surface area contributed by atoms with Crippen LogP contribution in [0.4, 0.5) is 13.2 Å². The van der Waals surface area contributed by atoms with E-state index in [1.807, 2.05) is 0 Å². The van der Waals surface area contributed by atoms with Crippen LogP contribution in [-0.4, -0.2) is 41.3 Å². The lowest BCUT2D eigenvalue weighted by molar-refractivity contribution is -0.293. The summed E-state index contributed by atoms with van der Waals surface area (Å²) in [6.45, 7) is -1.42. The molecule has 6 heteroatoms. The van der Waals surface area contributed by atoms with Gasteiger partial charge in [0, 0.05) is 0 Å². The van der Waals surface area contributed by atoms with Crippen LogP contribution in [-0.2, 0) is 4.74 Å². The molecular formula is C6H9F3O3. The minimum Gasteiger partial charge on any atom is -0.393 e. The second-order valence-electron chi connectivity index (χ2n) is 2.70. The van der Waals surface area contributed by atoms with E-state index in [1.165, 1.54) is 0 Å². The summed E-state index contributed by atoms with van der Waals surface area (Å²) in [5, 5.41) is 17.5. The van der Waals surface area contributed by atoms with Crippen molar-refractivity contribution in [3.05, 3.63) is 0 Å². The third-order valence-electron chi connectivity index (χ3n) is 2.00. The maximum absolute atomic E-state index is 12.2. The van der Waals surface area contributed by atoms with Crippen LogP contribution >= 0.6 is 0 Å². The molecule has 2 N–H and O–H groups in total. The fourth-order valence-corrected chi connectivity index (χ4v) is 1.19. The monoisotopic (exact) mass is 186 g/mol. The van der Waals surface area contributed by atoms with Gasteiger partial charge >= 0.3 is 6.18 Å². The molecule has 0 spiro atoms. The summed E-state index contributed by atoms with van der Waals surface area (Å²) in [5.74, 6) is 0. The number of ether oxygens (including phenoxy) is 1. The number of rotatable bonds is 1. The summed E-state index contributed by atoms with van der Waals surface area (Å²) in [6, 6.07) is 0. The van der Waals surface area contributed by atoms with Gasteiger partial charge in [0.2, 0.25) is 5.60 Å². The lowest BCUT2D eigenvalue weighted by Crippen LogP contribution is -2.55. The molecule has 1 fully saturated rings. The van der Waals surface area contributed by atoms with Crippen LogP contribution in [0.5, 0.6) is 0 Å². The summed E-state index contributed by atoms with van der Waals surface area (Å²) in [6.07, 6.45) is -6.49. The molecule has 0 unspecified atom stereocenters. The van der Waals surface area contributed by atoms with Crippen molar-refractivity contribution in [2.24, 2.45) is 0 Å². The molecule has 2 atom stereocenters. The second kappa shape index (κ2) is 2.86. The zero-order chi connectivity index (χ0) is 9.41. The van der Waals surface area contributed by atoms with Crippen LogP contribution in [0.15, 0.2) is 0 Å². The van der Waals surface area contributed by atoms with Gasteiger partial charge in [0.25, 0.3) is 0 Å². The Hall–Kier alpha value is -0.330. The maximum Gasteiger partial charge on any atom is 0.422 e. The third-order valence-corrected chi connectivity index (χ3v) is 2.00. The average molecular weight is 186 g/mol. The van der Waals surface area contributed by atoms with E-state index in [0.29, 0.717) is 0 Å². The largest absolute Gasteiger partial charge is 0.422 e. The van der Waals surface area contributed by atoms with Gasteiger partial charge in [-0.25, -0.2) is 0 Å². The smallest absolute Gasteiger partial charge is 0.393 e. The molecule has 1 rings (SSSR count). The van der Waals surface area contributed by atoms with Crippen molar-refractivity contribution < 1.29 is 28.1 Å². The fourth-order valence-electron chi connectivity index (χ4n) is 1.19. The first-order chi connectivity index (χ1) is 5.44. The molecule has 0 aromatic rings. The lowest BCUT2D eigenvalue weighted by atomic mass is 9.97. The Bertz CT molecular complexity index is 170. The highest BCUT2D eigenvalue weighted by Gasteiger charge is 2.62. The maximum atomic E-state index is 12.2. The van der Waals surface area contributed by atoms with Crippen LogP contribution in [0.2, 0.25) is 0 Å². The zero-order valence-electron chi connectivity index (χ0n) is 6.14. The third kappa shape index (κ3) is 1.19. The first kappa shape index (κ1) is 9.76. The molecular weight excluding hydrogens is 177 g/mol. The number of halogens is 3. The zero-order valence-corrected chi connectivity index (χ0v) is 6.14.